The largest absolute Gasteiger partial charge is 0.309 e. The monoisotopic (exact) mass is 697 g/mol. The third-order valence-corrected chi connectivity index (χ3v) is 13.3. The van der Waals surface area contributed by atoms with Crippen molar-refractivity contribution in [1.82, 2.24) is 4.57 Å². The summed E-state index contributed by atoms with van der Waals surface area (Å²) in [7, 11) is 0. The Labute approximate surface area is 311 Å². The Kier molecular flexibility index (Phi) is 6.70. The minimum Gasteiger partial charge on any atom is -0.309 e. The zero-order valence-corrected chi connectivity index (χ0v) is 29.8. The zero-order chi connectivity index (χ0) is 34.2. The first-order valence-electron chi connectivity index (χ1n) is 17.8. The second-order valence-electron chi connectivity index (χ2n) is 13.6. The molecular weight excluding hydrogens is 667 g/mol. The molecule has 0 unspecified atom stereocenters. The van der Waals surface area contributed by atoms with E-state index in [2.05, 4.69) is 193 Å². The van der Waals surface area contributed by atoms with Gasteiger partial charge in [0.2, 0.25) is 0 Å². The summed E-state index contributed by atoms with van der Waals surface area (Å²) >= 11 is 3.81. The van der Waals surface area contributed by atoms with Crippen LogP contribution in [-0.2, 0) is 5.41 Å². The highest BCUT2D eigenvalue weighted by Gasteiger charge is 2.49. The van der Waals surface area contributed by atoms with E-state index in [0.717, 1.165) is 0 Å². The maximum atomic E-state index is 2.50. The first-order valence-corrected chi connectivity index (χ1v) is 19.4. The molecule has 8 aromatic carbocycles. The van der Waals surface area contributed by atoms with Crippen molar-refractivity contribution in [3.63, 3.8) is 0 Å². The lowest BCUT2D eigenvalue weighted by Crippen LogP contribution is -2.36. The van der Waals surface area contributed by atoms with Crippen LogP contribution in [0.25, 0.3) is 49.7 Å². The number of aromatic nitrogens is 1. The number of fused-ring (bicyclic) bond motifs is 11. The van der Waals surface area contributed by atoms with Gasteiger partial charge in [-0.3, -0.25) is 0 Å². The molecule has 244 valence electrons. The standard InChI is InChI=1S/C49H31NS2/c1-3-14-32(15-4-1)36-19-13-22-41-48(36)52-47-29-27-33(30-42(47)49(41)39-20-8-11-24-45(39)51-46-25-12-9-21-40(46)49)34-26-28-38-37-18-7-10-23-43(37)50(44(38)31-34)35-16-5-2-6-17-35/h1-31H. The van der Waals surface area contributed by atoms with E-state index in [4.69, 9.17) is 0 Å². The van der Waals surface area contributed by atoms with E-state index in [0.29, 0.717) is 0 Å². The van der Waals surface area contributed by atoms with Gasteiger partial charge in [0.25, 0.3) is 0 Å². The Morgan fingerprint density at radius 3 is 1.75 bits per heavy atom. The van der Waals surface area contributed by atoms with Gasteiger partial charge in [0.1, 0.15) is 0 Å². The maximum Gasteiger partial charge on any atom is 0.0745 e. The van der Waals surface area contributed by atoms with Crippen molar-refractivity contribution in [1.29, 1.82) is 0 Å². The molecule has 3 heteroatoms. The number of rotatable bonds is 3. The van der Waals surface area contributed by atoms with Gasteiger partial charge in [-0.05, 0) is 93.0 Å². The summed E-state index contributed by atoms with van der Waals surface area (Å²) in [5.74, 6) is 0. The molecule has 0 radical (unpaired) electrons. The third-order valence-electron chi connectivity index (χ3n) is 10.9. The number of benzene rings is 8. The first kappa shape index (κ1) is 29.9. The van der Waals surface area contributed by atoms with Crippen LogP contribution in [0.3, 0.4) is 0 Å². The minimum absolute atomic E-state index is 0.488. The fourth-order valence-corrected chi connectivity index (χ4v) is 11.2. The summed E-state index contributed by atoms with van der Waals surface area (Å²) in [4.78, 5) is 5.26. The molecule has 0 bridgehead atoms. The van der Waals surface area contributed by atoms with Crippen molar-refractivity contribution in [3.05, 3.63) is 210 Å². The molecule has 1 spiro atoms. The minimum atomic E-state index is -0.488. The van der Waals surface area contributed by atoms with Gasteiger partial charge in [-0.1, -0.05) is 163 Å². The molecule has 0 saturated carbocycles. The second-order valence-corrected chi connectivity index (χ2v) is 15.8. The van der Waals surface area contributed by atoms with Crippen molar-refractivity contribution in [2.45, 2.75) is 25.0 Å². The van der Waals surface area contributed by atoms with Crippen LogP contribution >= 0.6 is 23.5 Å². The quantitative estimate of drug-likeness (QED) is 0.181. The van der Waals surface area contributed by atoms with Crippen molar-refractivity contribution in [3.8, 4) is 27.9 Å². The van der Waals surface area contributed by atoms with Crippen molar-refractivity contribution < 1.29 is 0 Å². The molecule has 0 fully saturated rings. The molecule has 0 N–H and O–H groups in total. The molecule has 0 saturated heterocycles. The van der Waals surface area contributed by atoms with Gasteiger partial charge < -0.3 is 4.57 Å². The molecule has 0 amide bonds. The van der Waals surface area contributed by atoms with E-state index in [1.54, 1.807) is 0 Å². The van der Waals surface area contributed by atoms with Gasteiger partial charge in [-0.2, -0.15) is 0 Å². The van der Waals surface area contributed by atoms with E-state index in [1.807, 2.05) is 23.5 Å². The lowest BCUT2D eigenvalue weighted by molar-refractivity contribution is 0.668. The predicted octanol–water partition coefficient (Wildman–Crippen LogP) is 13.4. The van der Waals surface area contributed by atoms with Gasteiger partial charge in [0.15, 0.2) is 0 Å². The fourth-order valence-electron chi connectivity index (χ4n) is 8.71. The summed E-state index contributed by atoms with van der Waals surface area (Å²) in [5, 5.41) is 2.54. The molecule has 1 aromatic heterocycles. The van der Waals surface area contributed by atoms with E-state index >= 15 is 0 Å². The number of nitrogens with zero attached hydrogens (tertiary/aromatic N) is 1. The van der Waals surface area contributed by atoms with Crippen LogP contribution in [0.15, 0.2) is 208 Å². The summed E-state index contributed by atoms with van der Waals surface area (Å²) in [6.07, 6.45) is 0. The van der Waals surface area contributed by atoms with E-state index in [9.17, 15) is 0 Å². The molecule has 11 rings (SSSR count). The van der Waals surface area contributed by atoms with Crippen LogP contribution in [0.2, 0.25) is 0 Å². The molecule has 3 heterocycles. The Morgan fingerprint density at radius 1 is 0.365 bits per heavy atom. The van der Waals surface area contributed by atoms with Gasteiger partial charge in [-0.15, -0.1) is 0 Å². The molecule has 2 aliphatic rings. The Balaban J connectivity index is 1.20. The average Bonchev–Trinajstić information content (AvgIpc) is 3.55. The highest BCUT2D eigenvalue weighted by molar-refractivity contribution is 8.00. The lowest BCUT2D eigenvalue weighted by Gasteiger charge is -2.46. The Morgan fingerprint density at radius 2 is 0.962 bits per heavy atom. The second kappa shape index (κ2) is 11.6. The number of para-hydroxylation sites is 2. The number of hydrogen-bond acceptors (Lipinski definition) is 2. The van der Waals surface area contributed by atoms with Crippen molar-refractivity contribution in [2.24, 2.45) is 0 Å². The van der Waals surface area contributed by atoms with Gasteiger partial charge in [0, 0.05) is 36.0 Å². The van der Waals surface area contributed by atoms with E-state index in [-0.39, 0.29) is 0 Å². The van der Waals surface area contributed by atoms with E-state index in [1.165, 1.54) is 91.6 Å². The maximum absolute atomic E-state index is 2.50. The SMILES string of the molecule is c1ccc(-c2cccc3c2Sc2ccc(-c4ccc5c6ccccc6n(-c6ccccc6)c5c4)cc2C32c3ccccc3Sc3ccccc32)cc1. The van der Waals surface area contributed by atoms with Crippen LogP contribution in [0.1, 0.15) is 22.3 Å². The molecule has 2 aliphatic heterocycles. The van der Waals surface area contributed by atoms with Crippen LogP contribution in [0.4, 0.5) is 0 Å². The summed E-state index contributed by atoms with van der Waals surface area (Å²) < 4.78 is 2.41. The van der Waals surface area contributed by atoms with Crippen molar-refractivity contribution in [2.75, 3.05) is 0 Å². The normalized spacial score (nSPS) is 13.8. The first-order chi connectivity index (χ1) is 25.8. The molecule has 0 aliphatic carbocycles. The molecular formula is C49H31NS2. The molecule has 1 nitrogen and oxygen atoms in total. The van der Waals surface area contributed by atoms with Crippen molar-refractivity contribution >= 4 is 45.3 Å². The van der Waals surface area contributed by atoms with Crippen LogP contribution in [0.5, 0.6) is 0 Å². The lowest BCUT2D eigenvalue weighted by atomic mass is 9.64. The predicted molar refractivity (Wildman–Crippen MR) is 218 cm³/mol. The summed E-state index contributed by atoms with van der Waals surface area (Å²) in [6.45, 7) is 0. The molecule has 9 aromatic rings. The van der Waals surface area contributed by atoms with Crippen LogP contribution in [-0.4, -0.2) is 4.57 Å². The van der Waals surface area contributed by atoms with E-state index < -0.39 is 5.41 Å². The van der Waals surface area contributed by atoms with Gasteiger partial charge in [0.05, 0.1) is 16.4 Å². The van der Waals surface area contributed by atoms with Gasteiger partial charge in [-0.25, -0.2) is 0 Å². The summed E-state index contributed by atoms with van der Waals surface area (Å²) in [5.41, 5.74) is 13.5. The fraction of sp³-hybridized carbons (Fsp3) is 0.0204. The average molecular weight is 698 g/mol. The van der Waals surface area contributed by atoms with Crippen LogP contribution in [0, 0.1) is 0 Å². The molecule has 0 atom stereocenters. The Hall–Kier alpha value is -5.74. The molecule has 52 heavy (non-hydrogen) atoms. The summed E-state index contributed by atoms with van der Waals surface area (Å²) in [6, 6.07) is 69.7. The number of hydrogen-bond donors (Lipinski definition) is 0. The van der Waals surface area contributed by atoms with Gasteiger partial charge >= 0.3 is 0 Å². The van der Waals surface area contributed by atoms with Crippen LogP contribution < -0.4 is 0 Å². The zero-order valence-electron chi connectivity index (χ0n) is 28.2. The third kappa shape index (κ3) is 4.27. The topological polar surface area (TPSA) is 4.93 Å². The highest BCUT2D eigenvalue weighted by Crippen LogP contribution is 2.63. The smallest absolute Gasteiger partial charge is 0.0745 e. The highest BCUT2D eigenvalue weighted by atomic mass is 32.2. The Bertz CT molecular complexity index is 2810.